The highest BCUT2D eigenvalue weighted by Crippen LogP contribution is 2.53. The van der Waals surface area contributed by atoms with E-state index in [-0.39, 0.29) is 5.41 Å². The molecule has 296 valence electrons. The molecule has 0 fully saturated rings. The Morgan fingerprint density at radius 2 is 0.889 bits per heavy atom. The van der Waals surface area contributed by atoms with E-state index >= 15 is 0 Å². The first-order valence-corrected chi connectivity index (χ1v) is 21.6. The average molecular weight is 805 g/mol. The number of aromatic nitrogens is 2. The van der Waals surface area contributed by atoms with Crippen LogP contribution in [-0.4, -0.2) is 9.97 Å². The number of para-hydroxylation sites is 2. The molecule has 0 spiro atoms. The van der Waals surface area contributed by atoms with Crippen molar-refractivity contribution >= 4 is 21.9 Å². The Bertz CT molecular complexity index is 3460. The molecule has 0 amide bonds. The summed E-state index contributed by atoms with van der Waals surface area (Å²) < 4.78 is 6.64. The van der Waals surface area contributed by atoms with Crippen LogP contribution in [-0.2, 0) is 5.41 Å². The molecule has 2 heterocycles. The van der Waals surface area contributed by atoms with Crippen molar-refractivity contribution in [2.24, 2.45) is 0 Å². The molecule has 2 aromatic heterocycles. The second-order valence-corrected chi connectivity index (χ2v) is 16.7. The van der Waals surface area contributed by atoms with Crippen molar-refractivity contribution in [3.05, 3.63) is 241 Å². The van der Waals surface area contributed by atoms with Gasteiger partial charge in [0.1, 0.15) is 11.2 Å². The zero-order valence-electron chi connectivity index (χ0n) is 34.7. The molecule has 0 bridgehead atoms. The first-order chi connectivity index (χ1) is 31.1. The fourth-order valence-electron chi connectivity index (χ4n) is 9.78. The summed E-state index contributed by atoms with van der Waals surface area (Å²) in [5.41, 5.74) is 19.4. The molecule has 0 radical (unpaired) electrons. The van der Waals surface area contributed by atoms with Crippen LogP contribution in [0.3, 0.4) is 0 Å². The van der Waals surface area contributed by atoms with Crippen LogP contribution < -0.4 is 0 Å². The van der Waals surface area contributed by atoms with Crippen LogP contribution >= 0.6 is 0 Å². The third kappa shape index (κ3) is 6.20. The lowest BCUT2D eigenvalue weighted by Crippen LogP contribution is -2.22. The molecule has 0 saturated heterocycles. The van der Waals surface area contributed by atoms with Crippen LogP contribution in [0.2, 0.25) is 0 Å². The van der Waals surface area contributed by atoms with Gasteiger partial charge in [-0.25, -0.2) is 9.97 Å². The van der Waals surface area contributed by atoms with Crippen molar-refractivity contribution in [2.45, 2.75) is 12.3 Å². The summed E-state index contributed by atoms with van der Waals surface area (Å²) in [6.07, 6.45) is 0. The molecular formula is C60H40N2O. The van der Waals surface area contributed by atoms with E-state index in [2.05, 4.69) is 195 Å². The molecule has 0 saturated carbocycles. The van der Waals surface area contributed by atoms with E-state index < -0.39 is 0 Å². The van der Waals surface area contributed by atoms with Crippen molar-refractivity contribution in [1.82, 2.24) is 9.97 Å². The molecule has 1 unspecified atom stereocenters. The number of fused-ring (bicyclic) bond motifs is 6. The highest BCUT2D eigenvalue weighted by atomic mass is 16.3. The number of benzene rings is 9. The summed E-state index contributed by atoms with van der Waals surface area (Å²) >= 11 is 0. The van der Waals surface area contributed by atoms with Crippen LogP contribution in [0.1, 0.15) is 23.6 Å². The van der Waals surface area contributed by atoms with Gasteiger partial charge in [0.05, 0.1) is 11.4 Å². The van der Waals surface area contributed by atoms with E-state index in [0.29, 0.717) is 5.82 Å². The SMILES string of the molecule is CC1(c2ccccc2)c2ccccc2-c2cc(-c3cccc(-c4cc(-c5cc(-c6ccccc6)nc(-c6ccccc6)n5)cc(-c5cccc6c5oc5ccccc56)c4)c3)ccc21. The van der Waals surface area contributed by atoms with Crippen LogP contribution in [0.4, 0.5) is 0 Å². The molecule has 1 atom stereocenters. The van der Waals surface area contributed by atoms with Gasteiger partial charge in [0.2, 0.25) is 0 Å². The lowest BCUT2D eigenvalue weighted by atomic mass is 9.74. The quantitative estimate of drug-likeness (QED) is 0.161. The van der Waals surface area contributed by atoms with Crippen molar-refractivity contribution in [3.8, 4) is 78.4 Å². The zero-order chi connectivity index (χ0) is 41.9. The molecule has 3 nitrogen and oxygen atoms in total. The van der Waals surface area contributed by atoms with E-state index in [1.807, 2.05) is 36.4 Å². The topological polar surface area (TPSA) is 38.9 Å². The van der Waals surface area contributed by atoms with Gasteiger partial charge in [-0.2, -0.15) is 0 Å². The first-order valence-electron chi connectivity index (χ1n) is 21.6. The molecule has 9 aromatic carbocycles. The lowest BCUT2D eigenvalue weighted by molar-refractivity contribution is 0.670. The number of hydrogen-bond donors (Lipinski definition) is 0. The van der Waals surface area contributed by atoms with Gasteiger partial charge >= 0.3 is 0 Å². The van der Waals surface area contributed by atoms with Gasteiger partial charge in [0, 0.05) is 38.4 Å². The molecule has 0 N–H and O–H groups in total. The van der Waals surface area contributed by atoms with Gasteiger partial charge in [-0.05, 0) is 105 Å². The highest BCUT2D eigenvalue weighted by Gasteiger charge is 2.40. The number of rotatable bonds is 7. The molecule has 1 aliphatic rings. The fourth-order valence-corrected chi connectivity index (χ4v) is 9.78. The largest absolute Gasteiger partial charge is 0.455 e. The summed E-state index contributed by atoms with van der Waals surface area (Å²) in [5, 5.41) is 2.20. The standard InChI is InChI=1S/C60H40N2O/c1-60(47-23-9-4-10-24-47)53-29-13-11-25-49(53)52-37-43(31-32-54(52)60)41-21-15-22-42(33-41)44-34-45(48-27-16-28-51-50-26-12-14-30-57(50)63-58(48)51)36-46(35-44)56-38-55(39-17-5-2-6-18-39)61-59(62-56)40-19-7-3-8-20-40/h2-38H,1H3. The second-order valence-electron chi connectivity index (χ2n) is 16.7. The Morgan fingerprint density at radius 3 is 1.70 bits per heavy atom. The monoisotopic (exact) mass is 804 g/mol. The van der Waals surface area contributed by atoms with E-state index in [4.69, 9.17) is 14.4 Å². The van der Waals surface area contributed by atoms with E-state index in [1.54, 1.807) is 0 Å². The summed E-state index contributed by atoms with van der Waals surface area (Å²) in [4.78, 5) is 10.4. The predicted molar refractivity (Wildman–Crippen MR) is 259 cm³/mol. The molecule has 11 aromatic rings. The molecular weight excluding hydrogens is 765 g/mol. The molecule has 1 aliphatic carbocycles. The maximum atomic E-state index is 6.64. The number of nitrogens with zero attached hydrogens (tertiary/aromatic N) is 2. The van der Waals surface area contributed by atoms with E-state index in [0.717, 1.165) is 77.8 Å². The minimum absolute atomic E-state index is 0.241. The minimum Gasteiger partial charge on any atom is -0.455 e. The first kappa shape index (κ1) is 36.7. The van der Waals surface area contributed by atoms with Crippen LogP contribution in [0.25, 0.3) is 100 Å². The Hall–Kier alpha value is -8.14. The van der Waals surface area contributed by atoms with Crippen molar-refractivity contribution in [3.63, 3.8) is 0 Å². The lowest BCUT2D eigenvalue weighted by Gasteiger charge is -2.28. The normalized spacial score (nSPS) is 14.2. The predicted octanol–water partition coefficient (Wildman–Crippen LogP) is 15.7. The summed E-state index contributed by atoms with van der Waals surface area (Å²) in [7, 11) is 0. The highest BCUT2D eigenvalue weighted by molar-refractivity contribution is 6.10. The molecule has 12 rings (SSSR count). The molecule has 63 heavy (non-hydrogen) atoms. The molecule has 0 aliphatic heterocycles. The van der Waals surface area contributed by atoms with Crippen molar-refractivity contribution in [1.29, 1.82) is 0 Å². The van der Waals surface area contributed by atoms with Gasteiger partial charge < -0.3 is 4.42 Å². The zero-order valence-corrected chi connectivity index (χ0v) is 34.7. The number of hydrogen-bond acceptors (Lipinski definition) is 3. The summed E-state index contributed by atoms with van der Waals surface area (Å²) in [6, 6.07) is 80.1. The summed E-state index contributed by atoms with van der Waals surface area (Å²) in [6.45, 7) is 2.37. The Labute approximate surface area is 366 Å². The Morgan fingerprint density at radius 1 is 0.349 bits per heavy atom. The maximum Gasteiger partial charge on any atom is 0.160 e. The van der Waals surface area contributed by atoms with Gasteiger partial charge in [-0.15, -0.1) is 0 Å². The Kier molecular flexibility index (Phi) is 8.62. The maximum absolute atomic E-state index is 6.64. The smallest absolute Gasteiger partial charge is 0.160 e. The van der Waals surface area contributed by atoms with Gasteiger partial charge in [0.15, 0.2) is 5.82 Å². The van der Waals surface area contributed by atoms with Crippen molar-refractivity contribution < 1.29 is 4.42 Å². The van der Waals surface area contributed by atoms with Crippen LogP contribution in [0.5, 0.6) is 0 Å². The second kappa shape index (κ2) is 14.8. The minimum atomic E-state index is -0.241. The average Bonchev–Trinajstić information content (AvgIpc) is 3.87. The number of furan rings is 1. The van der Waals surface area contributed by atoms with Gasteiger partial charge in [-0.3, -0.25) is 0 Å². The Balaban J connectivity index is 1.04. The van der Waals surface area contributed by atoms with Gasteiger partial charge in [-0.1, -0.05) is 182 Å². The molecule has 3 heteroatoms. The third-order valence-corrected chi connectivity index (χ3v) is 13.0. The third-order valence-electron chi connectivity index (χ3n) is 13.0. The van der Waals surface area contributed by atoms with E-state index in [9.17, 15) is 0 Å². The van der Waals surface area contributed by atoms with Crippen LogP contribution in [0, 0.1) is 0 Å². The van der Waals surface area contributed by atoms with Gasteiger partial charge in [0.25, 0.3) is 0 Å². The van der Waals surface area contributed by atoms with Crippen molar-refractivity contribution in [2.75, 3.05) is 0 Å². The van der Waals surface area contributed by atoms with E-state index in [1.165, 1.54) is 33.4 Å². The fraction of sp³-hybridized carbons (Fsp3) is 0.0333. The van der Waals surface area contributed by atoms with Crippen LogP contribution in [0.15, 0.2) is 229 Å². The summed E-state index contributed by atoms with van der Waals surface area (Å²) in [5.74, 6) is 0.682.